The number of hydrogen-bond acceptors (Lipinski definition) is 4. The minimum Gasteiger partial charge on any atom is -0.428 e. The molecule has 0 fully saturated rings. The summed E-state index contributed by atoms with van der Waals surface area (Å²) in [6.45, 7) is -0.276. The minimum atomic E-state index is -6.12. The van der Waals surface area contributed by atoms with Crippen molar-refractivity contribution in [2.45, 2.75) is 57.2 Å². The molecule has 0 aliphatic rings. The molecular formula is C20H21F7N2O2. The number of hydrogen-bond donors (Lipinski definition) is 0. The lowest BCUT2D eigenvalue weighted by atomic mass is 10.1. The Balaban J connectivity index is 2.06. The molecule has 2 aromatic rings. The highest BCUT2D eigenvalue weighted by atomic mass is 19.4. The van der Waals surface area contributed by atoms with Crippen molar-refractivity contribution in [2.24, 2.45) is 0 Å². The lowest BCUT2D eigenvalue weighted by Gasteiger charge is -2.30. The van der Waals surface area contributed by atoms with E-state index in [9.17, 15) is 30.7 Å². The van der Waals surface area contributed by atoms with Crippen LogP contribution in [-0.2, 0) is 11.2 Å². The number of aryl methyl sites for hydroxylation is 1. The second-order valence-electron chi connectivity index (χ2n) is 6.71. The van der Waals surface area contributed by atoms with E-state index in [0.717, 1.165) is 49.8 Å². The van der Waals surface area contributed by atoms with E-state index in [1.54, 1.807) is 12.4 Å². The van der Waals surface area contributed by atoms with Crippen LogP contribution in [0.2, 0.25) is 0 Å². The Morgan fingerprint density at radius 1 is 0.839 bits per heavy atom. The third-order valence-corrected chi connectivity index (χ3v) is 4.35. The first-order chi connectivity index (χ1) is 14.5. The number of alkyl halides is 7. The SMILES string of the molecule is CCCCCCc1cnc(-c2ccc(OC(F)(F)C(F)(F)C(F)(F)OCF)cc2)nc1. The molecule has 0 atom stereocenters. The molecular weight excluding hydrogens is 433 g/mol. The Labute approximate surface area is 174 Å². The summed E-state index contributed by atoms with van der Waals surface area (Å²) < 4.78 is 98.6. The lowest BCUT2D eigenvalue weighted by Crippen LogP contribution is -2.58. The third-order valence-electron chi connectivity index (χ3n) is 4.35. The number of rotatable bonds is 12. The van der Waals surface area contributed by atoms with Crippen molar-refractivity contribution < 1.29 is 40.2 Å². The first-order valence-corrected chi connectivity index (χ1v) is 9.48. The number of ether oxygens (including phenoxy) is 2. The van der Waals surface area contributed by atoms with Crippen molar-refractivity contribution in [2.75, 3.05) is 6.86 Å². The van der Waals surface area contributed by atoms with Gasteiger partial charge in [-0.05, 0) is 42.7 Å². The normalized spacial score (nSPS) is 12.8. The quantitative estimate of drug-likeness (QED) is 0.275. The van der Waals surface area contributed by atoms with Gasteiger partial charge in [-0.15, -0.1) is 0 Å². The summed E-state index contributed by atoms with van der Waals surface area (Å²) in [6, 6.07) is 4.15. The molecule has 1 heterocycles. The van der Waals surface area contributed by atoms with Gasteiger partial charge in [0.2, 0.25) is 0 Å². The van der Waals surface area contributed by atoms with E-state index in [-0.39, 0.29) is 5.82 Å². The fraction of sp³-hybridized carbons (Fsp3) is 0.500. The molecule has 172 valence electrons. The van der Waals surface area contributed by atoms with Crippen LogP contribution >= 0.6 is 0 Å². The van der Waals surface area contributed by atoms with Gasteiger partial charge in [-0.2, -0.15) is 26.3 Å². The molecule has 11 heteroatoms. The van der Waals surface area contributed by atoms with Gasteiger partial charge in [-0.3, -0.25) is 4.74 Å². The van der Waals surface area contributed by atoms with Crippen LogP contribution in [0.4, 0.5) is 30.7 Å². The topological polar surface area (TPSA) is 44.2 Å². The van der Waals surface area contributed by atoms with Gasteiger partial charge in [0.25, 0.3) is 0 Å². The van der Waals surface area contributed by atoms with Gasteiger partial charge >= 0.3 is 18.1 Å². The van der Waals surface area contributed by atoms with Crippen molar-refractivity contribution >= 4 is 0 Å². The predicted molar refractivity (Wildman–Crippen MR) is 97.8 cm³/mol. The van der Waals surface area contributed by atoms with Crippen LogP contribution in [0.1, 0.15) is 38.2 Å². The summed E-state index contributed by atoms with van der Waals surface area (Å²) >= 11 is 0. The molecule has 1 aromatic carbocycles. The van der Waals surface area contributed by atoms with E-state index in [1.165, 1.54) is 12.1 Å². The summed E-state index contributed by atoms with van der Waals surface area (Å²) in [4.78, 5) is 8.35. The van der Waals surface area contributed by atoms with Crippen LogP contribution in [0.5, 0.6) is 5.75 Å². The van der Waals surface area contributed by atoms with Crippen LogP contribution in [0.3, 0.4) is 0 Å². The van der Waals surface area contributed by atoms with E-state index < -0.39 is 30.7 Å². The fourth-order valence-corrected chi connectivity index (χ4v) is 2.60. The summed E-state index contributed by atoms with van der Waals surface area (Å²) in [5.74, 6) is -6.69. The van der Waals surface area contributed by atoms with Crippen LogP contribution in [-0.4, -0.2) is 35.0 Å². The Kier molecular flexibility index (Phi) is 8.21. The molecule has 0 aliphatic heterocycles. The van der Waals surface area contributed by atoms with Crippen molar-refractivity contribution in [3.05, 3.63) is 42.2 Å². The molecule has 0 unspecified atom stereocenters. The third kappa shape index (κ3) is 6.05. The standard InChI is InChI=1S/C20H21F7N2O2/c1-2-3-4-5-6-14-11-28-17(29-12-14)15-7-9-16(10-8-15)31-20(26,27)18(22,23)19(24,25)30-13-21/h7-12H,2-6,13H2,1H3. The van der Waals surface area contributed by atoms with Crippen LogP contribution in [0.25, 0.3) is 11.4 Å². The summed E-state index contributed by atoms with van der Waals surface area (Å²) in [5.41, 5.74) is 1.30. The monoisotopic (exact) mass is 454 g/mol. The molecule has 0 aliphatic carbocycles. The number of halogens is 7. The Morgan fingerprint density at radius 2 is 1.45 bits per heavy atom. The smallest absolute Gasteiger partial charge is 0.428 e. The second-order valence-corrected chi connectivity index (χ2v) is 6.71. The van der Waals surface area contributed by atoms with Crippen molar-refractivity contribution in [3.8, 4) is 17.1 Å². The fourth-order valence-electron chi connectivity index (χ4n) is 2.60. The molecule has 4 nitrogen and oxygen atoms in total. The Hall–Kier alpha value is -2.43. The van der Waals surface area contributed by atoms with Crippen molar-refractivity contribution in [1.82, 2.24) is 9.97 Å². The maximum absolute atomic E-state index is 13.6. The Morgan fingerprint density at radius 3 is 2.00 bits per heavy atom. The zero-order valence-electron chi connectivity index (χ0n) is 16.6. The first kappa shape index (κ1) is 24.8. The van der Waals surface area contributed by atoms with Crippen LogP contribution in [0.15, 0.2) is 36.7 Å². The van der Waals surface area contributed by atoms with Gasteiger partial charge in [-0.1, -0.05) is 26.2 Å². The first-order valence-electron chi connectivity index (χ1n) is 9.48. The van der Waals surface area contributed by atoms with Crippen LogP contribution in [0, 0.1) is 0 Å². The van der Waals surface area contributed by atoms with E-state index >= 15 is 0 Å². The van der Waals surface area contributed by atoms with E-state index in [1.807, 2.05) is 0 Å². The number of unbranched alkanes of at least 4 members (excludes halogenated alkanes) is 3. The number of benzene rings is 1. The highest BCUT2D eigenvalue weighted by Gasteiger charge is 2.75. The molecule has 0 spiro atoms. The number of aromatic nitrogens is 2. The molecule has 0 N–H and O–H groups in total. The zero-order valence-corrected chi connectivity index (χ0v) is 16.6. The molecule has 0 amide bonds. The Bertz CT molecular complexity index is 815. The van der Waals surface area contributed by atoms with Gasteiger partial charge < -0.3 is 4.74 Å². The molecule has 0 saturated heterocycles. The van der Waals surface area contributed by atoms with E-state index in [4.69, 9.17) is 0 Å². The van der Waals surface area contributed by atoms with Crippen molar-refractivity contribution in [1.29, 1.82) is 0 Å². The lowest BCUT2D eigenvalue weighted by molar-refractivity contribution is -0.438. The maximum atomic E-state index is 13.6. The van der Waals surface area contributed by atoms with Gasteiger partial charge in [0, 0.05) is 18.0 Å². The number of nitrogens with zero attached hydrogens (tertiary/aromatic N) is 2. The molecule has 0 saturated carbocycles. The molecule has 0 bridgehead atoms. The molecule has 1 aromatic heterocycles. The summed E-state index contributed by atoms with van der Waals surface area (Å²) in [6.07, 6.45) is -3.05. The van der Waals surface area contributed by atoms with Crippen molar-refractivity contribution in [3.63, 3.8) is 0 Å². The molecule has 31 heavy (non-hydrogen) atoms. The maximum Gasteiger partial charge on any atom is 0.473 e. The molecule has 0 radical (unpaired) electrons. The summed E-state index contributed by atoms with van der Waals surface area (Å²) in [7, 11) is 0. The van der Waals surface area contributed by atoms with Gasteiger partial charge in [-0.25, -0.2) is 14.4 Å². The van der Waals surface area contributed by atoms with Gasteiger partial charge in [0.05, 0.1) is 0 Å². The average Bonchev–Trinajstić information content (AvgIpc) is 2.72. The van der Waals surface area contributed by atoms with Gasteiger partial charge in [0.1, 0.15) is 5.75 Å². The zero-order chi connectivity index (χ0) is 23.1. The van der Waals surface area contributed by atoms with E-state index in [2.05, 4.69) is 26.4 Å². The predicted octanol–water partition coefficient (Wildman–Crippen LogP) is 6.41. The highest BCUT2D eigenvalue weighted by Crippen LogP contribution is 2.47. The molecule has 2 rings (SSSR count). The average molecular weight is 454 g/mol. The highest BCUT2D eigenvalue weighted by molar-refractivity contribution is 5.55. The second kappa shape index (κ2) is 10.3. The van der Waals surface area contributed by atoms with E-state index in [0.29, 0.717) is 5.56 Å². The van der Waals surface area contributed by atoms with Gasteiger partial charge in [0.15, 0.2) is 12.7 Å². The minimum absolute atomic E-state index is 0.254. The largest absolute Gasteiger partial charge is 0.473 e. The van der Waals surface area contributed by atoms with Crippen LogP contribution < -0.4 is 4.74 Å². The summed E-state index contributed by atoms with van der Waals surface area (Å²) in [5, 5.41) is 0.